The molecular weight excluding hydrogens is 376 g/mol. The van der Waals surface area contributed by atoms with Crippen LogP contribution < -0.4 is 16.4 Å². The van der Waals surface area contributed by atoms with Gasteiger partial charge in [-0.05, 0) is 23.8 Å². The van der Waals surface area contributed by atoms with Crippen LogP contribution in [0.4, 0.5) is 5.82 Å². The number of primary amides is 1. The lowest BCUT2D eigenvalue weighted by molar-refractivity contribution is 0.100. The fraction of sp³-hybridized carbons (Fsp3) is 0.174. The van der Waals surface area contributed by atoms with E-state index in [-0.39, 0.29) is 0 Å². The highest BCUT2D eigenvalue weighted by molar-refractivity contribution is 6.06. The van der Waals surface area contributed by atoms with E-state index in [0.29, 0.717) is 18.1 Å². The van der Waals surface area contributed by atoms with Crippen molar-refractivity contribution in [3.63, 3.8) is 0 Å². The molecule has 1 aliphatic heterocycles. The van der Waals surface area contributed by atoms with Gasteiger partial charge in [0.05, 0.1) is 11.2 Å². The lowest BCUT2D eigenvalue weighted by Crippen LogP contribution is -2.27. The fourth-order valence-electron chi connectivity index (χ4n) is 3.92. The minimum absolute atomic E-state index is 0.444. The molecule has 2 aromatic heterocycles. The van der Waals surface area contributed by atoms with E-state index in [1.165, 1.54) is 5.56 Å². The standard InChI is InChI=1S/C23H22N6O/c24-21(30)17-7-4-8-20-16(17)10-12-29(20)23-27-19-9-11-25-14-18(19)22(28-23)26-13-15-5-2-1-3-6-15/h1-8,10,12,25H,9,11,13-14H2,(H2,24,30)(H,26,27,28). The van der Waals surface area contributed by atoms with E-state index in [4.69, 9.17) is 15.7 Å². The van der Waals surface area contributed by atoms with Crippen molar-refractivity contribution in [2.75, 3.05) is 11.9 Å². The van der Waals surface area contributed by atoms with Gasteiger partial charge in [0, 0.05) is 48.8 Å². The number of nitrogens with two attached hydrogens (primary N) is 1. The molecular formula is C23H22N6O. The van der Waals surface area contributed by atoms with Gasteiger partial charge < -0.3 is 16.4 Å². The van der Waals surface area contributed by atoms with Gasteiger partial charge in [-0.1, -0.05) is 36.4 Å². The molecule has 2 aromatic carbocycles. The summed E-state index contributed by atoms with van der Waals surface area (Å²) in [7, 11) is 0. The second-order valence-corrected chi connectivity index (χ2v) is 7.35. The van der Waals surface area contributed by atoms with E-state index >= 15 is 0 Å². The van der Waals surface area contributed by atoms with Crippen LogP contribution in [0.2, 0.25) is 0 Å². The van der Waals surface area contributed by atoms with Crippen LogP contribution in [0.25, 0.3) is 16.9 Å². The van der Waals surface area contributed by atoms with Gasteiger partial charge in [0.15, 0.2) is 0 Å². The molecule has 1 amide bonds. The van der Waals surface area contributed by atoms with Gasteiger partial charge in [-0.2, -0.15) is 4.98 Å². The highest BCUT2D eigenvalue weighted by Crippen LogP contribution is 2.26. The van der Waals surface area contributed by atoms with Crippen molar-refractivity contribution < 1.29 is 4.79 Å². The molecule has 0 aliphatic carbocycles. The topological polar surface area (TPSA) is 97.9 Å². The molecule has 3 heterocycles. The minimum Gasteiger partial charge on any atom is -0.366 e. The van der Waals surface area contributed by atoms with Crippen LogP contribution in [-0.2, 0) is 19.5 Å². The maximum atomic E-state index is 11.8. The summed E-state index contributed by atoms with van der Waals surface area (Å²) in [6, 6.07) is 17.6. The SMILES string of the molecule is NC(=O)c1cccc2c1ccn2-c1nc2c(c(NCc3ccccc3)n1)CNCC2. The number of hydrogen-bond acceptors (Lipinski definition) is 5. The zero-order valence-electron chi connectivity index (χ0n) is 16.4. The first kappa shape index (κ1) is 18.3. The van der Waals surface area contributed by atoms with Gasteiger partial charge in [-0.15, -0.1) is 0 Å². The Bertz CT molecular complexity index is 1230. The summed E-state index contributed by atoms with van der Waals surface area (Å²) in [5.41, 5.74) is 10.2. The number of amides is 1. The molecule has 0 bridgehead atoms. The summed E-state index contributed by atoms with van der Waals surface area (Å²) in [5, 5.41) is 7.69. The number of nitrogens with zero attached hydrogens (tertiary/aromatic N) is 3. The van der Waals surface area contributed by atoms with Gasteiger partial charge in [0.25, 0.3) is 0 Å². The molecule has 4 N–H and O–H groups in total. The van der Waals surface area contributed by atoms with Crippen molar-refractivity contribution in [2.45, 2.75) is 19.5 Å². The third-order valence-corrected chi connectivity index (χ3v) is 5.44. The number of nitrogens with one attached hydrogen (secondary N) is 2. The number of carbonyl (C=O) groups is 1. The molecule has 0 atom stereocenters. The summed E-state index contributed by atoms with van der Waals surface area (Å²) in [4.78, 5) is 21.5. The van der Waals surface area contributed by atoms with Gasteiger partial charge in [0.1, 0.15) is 5.82 Å². The highest BCUT2D eigenvalue weighted by Gasteiger charge is 2.19. The third kappa shape index (κ3) is 3.29. The zero-order chi connectivity index (χ0) is 20.5. The molecule has 0 fully saturated rings. The summed E-state index contributed by atoms with van der Waals surface area (Å²) in [6.45, 7) is 2.31. The largest absolute Gasteiger partial charge is 0.366 e. The molecule has 0 saturated carbocycles. The molecule has 0 unspecified atom stereocenters. The van der Waals surface area contributed by atoms with Crippen LogP contribution in [0.1, 0.15) is 27.2 Å². The lowest BCUT2D eigenvalue weighted by atomic mass is 10.1. The summed E-state index contributed by atoms with van der Waals surface area (Å²) in [6.07, 6.45) is 2.73. The highest BCUT2D eigenvalue weighted by atomic mass is 16.1. The lowest BCUT2D eigenvalue weighted by Gasteiger charge is -2.21. The molecule has 7 nitrogen and oxygen atoms in total. The molecule has 5 rings (SSSR count). The number of hydrogen-bond donors (Lipinski definition) is 3. The Hall–Kier alpha value is -3.71. The van der Waals surface area contributed by atoms with E-state index in [0.717, 1.165) is 47.5 Å². The second-order valence-electron chi connectivity index (χ2n) is 7.35. The van der Waals surface area contributed by atoms with Gasteiger partial charge in [-0.25, -0.2) is 4.98 Å². The zero-order valence-corrected chi connectivity index (χ0v) is 16.4. The Morgan fingerprint density at radius 2 is 1.97 bits per heavy atom. The van der Waals surface area contributed by atoms with E-state index in [2.05, 4.69) is 22.8 Å². The van der Waals surface area contributed by atoms with Crippen molar-refractivity contribution in [3.8, 4) is 5.95 Å². The van der Waals surface area contributed by atoms with Crippen molar-refractivity contribution in [1.82, 2.24) is 19.9 Å². The van der Waals surface area contributed by atoms with E-state index in [9.17, 15) is 4.79 Å². The van der Waals surface area contributed by atoms with E-state index < -0.39 is 5.91 Å². The average Bonchev–Trinajstić information content (AvgIpc) is 3.22. The average molecular weight is 398 g/mol. The number of rotatable bonds is 5. The Morgan fingerprint density at radius 3 is 2.80 bits per heavy atom. The number of fused-ring (bicyclic) bond motifs is 2. The molecule has 0 saturated heterocycles. The number of carbonyl (C=O) groups excluding carboxylic acids is 1. The van der Waals surface area contributed by atoms with E-state index in [1.54, 1.807) is 6.07 Å². The third-order valence-electron chi connectivity index (χ3n) is 5.44. The summed E-state index contributed by atoms with van der Waals surface area (Å²) in [5.74, 6) is 0.975. The smallest absolute Gasteiger partial charge is 0.249 e. The van der Waals surface area contributed by atoms with Crippen LogP contribution in [0.3, 0.4) is 0 Å². The molecule has 4 aromatic rings. The Labute approximate surface area is 174 Å². The van der Waals surface area contributed by atoms with Crippen molar-refractivity contribution in [2.24, 2.45) is 5.73 Å². The summed E-state index contributed by atoms with van der Waals surface area (Å²) < 4.78 is 1.91. The van der Waals surface area contributed by atoms with Crippen LogP contribution in [0.5, 0.6) is 0 Å². The Balaban J connectivity index is 1.58. The van der Waals surface area contributed by atoms with Crippen LogP contribution in [-0.4, -0.2) is 27.0 Å². The molecule has 150 valence electrons. The van der Waals surface area contributed by atoms with Gasteiger partial charge in [-0.3, -0.25) is 9.36 Å². The first-order chi connectivity index (χ1) is 14.7. The minimum atomic E-state index is -0.444. The Kier molecular flexibility index (Phi) is 4.65. The first-order valence-corrected chi connectivity index (χ1v) is 9.99. The molecule has 30 heavy (non-hydrogen) atoms. The number of anilines is 1. The Morgan fingerprint density at radius 1 is 1.10 bits per heavy atom. The monoisotopic (exact) mass is 398 g/mol. The predicted octanol–water partition coefficient (Wildman–Crippen LogP) is 2.78. The molecule has 0 spiro atoms. The first-order valence-electron chi connectivity index (χ1n) is 9.99. The van der Waals surface area contributed by atoms with E-state index in [1.807, 2.05) is 47.2 Å². The maximum absolute atomic E-state index is 11.8. The van der Waals surface area contributed by atoms with Crippen molar-refractivity contribution in [3.05, 3.63) is 83.2 Å². The van der Waals surface area contributed by atoms with Crippen molar-refractivity contribution in [1.29, 1.82) is 0 Å². The molecule has 0 radical (unpaired) electrons. The number of benzene rings is 2. The second kappa shape index (κ2) is 7.61. The summed E-state index contributed by atoms with van der Waals surface area (Å²) >= 11 is 0. The maximum Gasteiger partial charge on any atom is 0.249 e. The number of aromatic nitrogens is 3. The fourth-order valence-corrected chi connectivity index (χ4v) is 3.92. The normalized spacial score (nSPS) is 13.2. The predicted molar refractivity (Wildman–Crippen MR) is 117 cm³/mol. The van der Waals surface area contributed by atoms with Gasteiger partial charge in [0.2, 0.25) is 11.9 Å². The van der Waals surface area contributed by atoms with Crippen LogP contribution >= 0.6 is 0 Å². The van der Waals surface area contributed by atoms with Crippen molar-refractivity contribution >= 4 is 22.6 Å². The van der Waals surface area contributed by atoms with Crippen LogP contribution in [0.15, 0.2) is 60.8 Å². The molecule has 7 heteroatoms. The molecule has 1 aliphatic rings. The quantitative estimate of drug-likeness (QED) is 0.480. The van der Waals surface area contributed by atoms with Gasteiger partial charge >= 0.3 is 0 Å². The van der Waals surface area contributed by atoms with Crippen LogP contribution in [0, 0.1) is 0 Å².